The number of fused-ring (bicyclic) bond motifs is 1. The zero-order valence-corrected chi connectivity index (χ0v) is 22.7. The number of carbonyl (C=O) groups excluding carboxylic acids is 4. The Morgan fingerprint density at radius 1 is 0.762 bits per heavy atom. The monoisotopic (exact) mass is 556 g/mol. The third kappa shape index (κ3) is 6.26. The molecule has 1 aliphatic rings. The van der Waals surface area contributed by atoms with Crippen LogP contribution in [0.2, 0.25) is 0 Å². The van der Waals surface area contributed by atoms with Gasteiger partial charge in [-0.25, -0.2) is 0 Å². The second-order valence-corrected chi connectivity index (χ2v) is 9.99. The molecule has 0 aromatic heterocycles. The van der Waals surface area contributed by atoms with Gasteiger partial charge in [-0.1, -0.05) is 90.8 Å². The maximum Gasteiger partial charge on any atom is 0.310 e. The second kappa shape index (κ2) is 12.3. The Labute approximate surface area is 243 Å². The van der Waals surface area contributed by atoms with Crippen molar-refractivity contribution in [3.8, 4) is 11.8 Å². The standard InChI is InChI=1S/C34H28N4O4/c35-31(34(18-19-34)26-17-16-23-9-4-5-10-24(23)21-26)30(40)28-14-7-6-11-25(28)22-37-33(42)32(41)36-20-8-15-29(39)38-27-12-2-1-3-13-27/h1-7,9-14,16-17,21,35H,18-20,22H2,(H,36,41)(H,37,42)(H,38,39). The highest BCUT2D eigenvalue weighted by atomic mass is 16.2. The van der Waals surface area contributed by atoms with Crippen LogP contribution < -0.4 is 16.0 Å². The van der Waals surface area contributed by atoms with Gasteiger partial charge in [0, 0.05) is 23.2 Å². The summed E-state index contributed by atoms with van der Waals surface area (Å²) < 4.78 is 0. The number of carbonyl (C=O) groups is 4. The molecule has 8 heteroatoms. The van der Waals surface area contributed by atoms with Crippen molar-refractivity contribution in [2.24, 2.45) is 0 Å². The summed E-state index contributed by atoms with van der Waals surface area (Å²) in [5.41, 5.74) is 1.74. The van der Waals surface area contributed by atoms with E-state index in [2.05, 4.69) is 33.9 Å². The van der Waals surface area contributed by atoms with E-state index in [-0.39, 0.29) is 18.8 Å². The van der Waals surface area contributed by atoms with Crippen molar-refractivity contribution in [1.82, 2.24) is 10.6 Å². The van der Waals surface area contributed by atoms with Crippen LogP contribution in [-0.4, -0.2) is 35.8 Å². The normalized spacial score (nSPS) is 12.8. The third-order valence-corrected chi connectivity index (χ3v) is 7.24. The van der Waals surface area contributed by atoms with Crippen LogP contribution in [0.25, 0.3) is 10.8 Å². The van der Waals surface area contributed by atoms with Crippen LogP contribution in [0.1, 0.15) is 34.3 Å². The molecule has 3 amide bonds. The van der Waals surface area contributed by atoms with Crippen molar-refractivity contribution in [3.63, 3.8) is 0 Å². The molecule has 5 rings (SSSR count). The van der Waals surface area contributed by atoms with Crippen molar-refractivity contribution in [2.45, 2.75) is 24.8 Å². The van der Waals surface area contributed by atoms with Crippen molar-refractivity contribution in [2.75, 3.05) is 11.9 Å². The van der Waals surface area contributed by atoms with Gasteiger partial charge in [-0.05, 0) is 52.8 Å². The average Bonchev–Trinajstić information content (AvgIpc) is 3.84. The van der Waals surface area contributed by atoms with Crippen LogP contribution in [0, 0.1) is 17.3 Å². The predicted molar refractivity (Wildman–Crippen MR) is 161 cm³/mol. The van der Waals surface area contributed by atoms with Gasteiger partial charge in [0.25, 0.3) is 5.91 Å². The molecule has 4 N–H and O–H groups in total. The molecule has 0 radical (unpaired) electrons. The molecule has 4 aromatic carbocycles. The van der Waals surface area contributed by atoms with Crippen LogP contribution in [0.5, 0.6) is 0 Å². The molecular weight excluding hydrogens is 528 g/mol. The van der Waals surface area contributed by atoms with E-state index in [1.807, 2.05) is 42.5 Å². The van der Waals surface area contributed by atoms with Gasteiger partial charge in [-0.3, -0.25) is 19.2 Å². The molecule has 0 bridgehead atoms. The van der Waals surface area contributed by atoms with Gasteiger partial charge in [0.1, 0.15) is 0 Å². The molecular formula is C34H28N4O4. The molecule has 4 aromatic rings. The highest BCUT2D eigenvalue weighted by Gasteiger charge is 2.51. The van der Waals surface area contributed by atoms with E-state index in [1.165, 1.54) is 0 Å². The Morgan fingerprint density at radius 3 is 2.19 bits per heavy atom. The Balaban J connectivity index is 1.17. The van der Waals surface area contributed by atoms with Gasteiger partial charge in [0.05, 0.1) is 12.3 Å². The number of hydrogen-bond acceptors (Lipinski definition) is 5. The molecule has 0 saturated heterocycles. The van der Waals surface area contributed by atoms with Crippen molar-refractivity contribution in [1.29, 1.82) is 5.41 Å². The smallest absolute Gasteiger partial charge is 0.310 e. The van der Waals surface area contributed by atoms with Crippen LogP contribution in [-0.2, 0) is 26.3 Å². The summed E-state index contributed by atoms with van der Waals surface area (Å²) >= 11 is 0. The van der Waals surface area contributed by atoms with Crippen LogP contribution in [0.4, 0.5) is 5.69 Å². The van der Waals surface area contributed by atoms with Gasteiger partial charge in [0.2, 0.25) is 5.78 Å². The fraction of sp³-hybridized carbons (Fsp3) is 0.147. The first-order valence-corrected chi connectivity index (χ1v) is 13.5. The predicted octanol–water partition coefficient (Wildman–Crippen LogP) is 4.15. The van der Waals surface area contributed by atoms with Gasteiger partial charge < -0.3 is 21.4 Å². The summed E-state index contributed by atoms with van der Waals surface area (Å²) in [6.07, 6.45) is 1.43. The molecule has 208 valence electrons. The summed E-state index contributed by atoms with van der Waals surface area (Å²) in [5, 5.41) is 18.5. The van der Waals surface area contributed by atoms with E-state index in [1.54, 1.807) is 48.5 Å². The number of benzene rings is 4. The van der Waals surface area contributed by atoms with E-state index in [0.717, 1.165) is 16.3 Å². The number of rotatable bonds is 8. The zero-order valence-electron chi connectivity index (χ0n) is 22.7. The number of anilines is 1. The van der Waals surface area contributed by atoms with Gasteiger partial charge in [-0.15, -0.1) is 0 Å². The summed E-state index contributed by atoms with van der Waals surface area (Å²) in [4.78, 5) is 50.0. The minimum atomic E-state index is -0.919. The first-order valence-electron chi connectivity index (χ1n) is 13.5. The minimum absolute atomic E-state index is 0.0178. The maximum atomic E-state index is 13.5. The summed E-state index contributed by atoms with van der Waals surface area (Å²) in [5.74, 6) is 2.08. The van der Waals surface area contributed by atoms with E-state index >= 15 is 0 Å². The number of hydrogen-bond donors (Lipinski definition) is 4. The molecule has 1 aliphatic carbocycles. The molecule has 42 heavy (non-hydrogen) atoms. The lowest BCUT2D eigenvalue weighted by atomic mass is 9.84. The Kier molecular flexibility index (Phi) is 8.21. The number of amides is 3. The van der Waals surface area contributed by atoms with E-state index in [9.17, 15) is 19.2 Å². The lowest BCUT2D eigenvalue weighted by molar-refractivity contribution is -0.139. The SMILES string of the molecule is N=C(C(=O)c1ccccc1CNC(=O)C(=O)NCC#CC(=O)Nc1ccccc1)C1(c2ccc3ccccc3c2)CC1. The highest BCUT2D eigenvalue weighted by molar-refractivity contribution is 6.48. The van der Waals surface area contributed by atoms with Gasteiger partial charge in [-0.2, -0.15) is 0 Å². The van der Waals surface area contributed by atoms with E-state index in [4.69, 9.17) is 5.41 Å². The number of ketones is 1. The number of nitrogens with one attached hydrogen (secondary N) is 4. The van der Waals surface area contributed by atoms with Gasteiger partial charge >= 0.3 is 11.8 Å². The summed E-state index contributed by atoms with van der Waals surface area (Å²) in [7, 11) is 0. The highest BCUT2D eigenvalue weighted by Crippen LogP contribution is 2.50. The summed E-state index contributed by atoms with van der Waals surface area (Å²) in [6.45, 7) is -0.271. The molecule has 0 atom stereocenters. The largest absolute Gasteiger partial charge is 0.344 e. The van der Waals surface area contributed by atoms with Gasteiger partial charge in [0.15, 0.2) is 0 Å². The average molecular weight is 557 g/mol. The first-order chi connectivity index (χ1) is 20.4. The van der Waals surface area contributed by atoms with Crippen molar-refractivity contribution < 1.29 is 19.2 Å². The Bertz CT molecular complexity index is 1760. The number of Topliss-reactive ketones (excluding diaryl/α,β-unsaturated/α-hetero) is 1. The zero-order chi connectivity index (χ0) is 29.5. The fourth-order valence-corrected chi connectivity index (χ4v) is 4.81. The molecule has 0 heterocycles. The molecule has 0 spiro atoms. The van der Waals surface area contributed by atoms with Crippen molar-refractivity contribution in [3.05, 3.63) is 114 Å². The molecule has 0 aliphatic heterocycles. The van der Waals surface area contributed by atoms with Crippen molar-refractivity contribution >= 4 is 45.7 Å². The fourth-order valence-electron chi connectivity index (χ4n) is 4.81. The van der Waals surface area contributed by atoms with Crippen LogP contribution >= 0.6 is 0 Å². The molecule has 1 saturated carbocycles. The lowest BCUT2D eigenvalue weighted by Crippen LogP contribution is -2.40. The van der Waals surface area contributed by atoms with Crippen LogP contribution in [0.15, 0.2) is 97.1 Å². The molecule has 1 fully saturated rings. The second-order valence-electron chi connectivity index (χ2n) is 9.99. The third-order valence-electron chi connectivity index (χ3n) is 7.24. The summed E-state index contributed by atoms with van der Waals surface area (Å²) in [6, 6.07) is 29.6. The van der Waals surface area contributed by atoms with E-state index < -0.39 is 28.9 Å². The quantitative estimate of drug-likeness (QED) is 0.113. The Morgan fingerprint density at radius 2 is 1.43 bits per heavy atom. The topological polar surface area (TPSA) is 128 Å². The number of para-hydroxylation sites is 1. The first kappa shape index (κ1) is 28.0. The van der Waals surface area contributed by atoms with E-state index in [0.29, 0.717) is 29.7 Å². The lowest BCUT2D eigenvalue weighted by Gasteiger charge is -2.18. The molecule has 8 nitrogen and oxygen atoms in total. The Hall–Kier alpha value is -5.55. The maximum absolute atomic E-state index is 13.5. The van der Waals surface area contributed by atoms with Crippen LogP contribution in [0.3, 0.4) is 0 Å². The molecule has 0 unspecified atom stereocenters. The minimum Gasteiger partial charge on any atom is -0.344 e.